The Labute approximate surface area is 136 Å². The monoisotopic (exact) mass is 356 g/mol. The molecule has 0 saturated heterocycles. The largest absolute Gasteiger partial charge is 0.437 e. The predicted molar refractivity (Wildman–Crippen MR) is 86.7 cm³/mol. The van der Waals surface area contributed by atoms with E-state index in [1.165, 1.54) is 0 Å². The van der Waals surface area contributed by atoms with Crippen LogP contribution in [0.2, 0.25) is 0 Å². The van der Waals surface area contributed by atoms with Gasteiger partial charge in [0.25, 0.3) is 0 Å². The molecule has 110 valence electrons. The lowest BCUT2D eigenvalue weighted by Gasteiger charge is -2.08. The molecule has 22 heavy (non-hydrogen) atoms. The maximum absolute atomic E-state index is 5.79. The van der Waals surface area contributed by atoms with Crippen molar-refractivity contribution in [1.29, 1.82) is 0 Å². The second-order valence-electron chi connectivity index (χ2n) is 4.53. The van der Waals surface area contributed by atoms with Crippen LogP contribution in [0.25, 0.3) is 11.5 Å². The molecule has 0 unspecified atom stereocenters. The molecule has 0 saturated carbocycles. The fourth-order valence-electron chi connectivity index (χ4n) is 1.88. The molecule has 0 amide bonds. The molecule has 0 atom stereocenters. The normalized spacial score (nSPS) is 10.5. The van der Waals surface area contributed by atoms with Gasteiger partial charge >= 0.3 is 0 Å². The van der Waals surface area contributed by atoms with E-state index >= 15 is 0 Å². The van der Waals surface area contributed by atoms with Crippen LogP contribution in [0.4, 0.5) is 0 Å². The molecule has 0 radical (unpaired) electrons. The van der Waals surface area contributed by atoms with Gasteiger partial charge in [-0.3, -0.25) is 9.97 Å². The molecule has 3 heterocycles. The molecule has 6 heteroatoms. The predicted octanol–water partition coefficient (Wildman–Crippen LogP) is 4.05. The summed E-state index contributed by atoms with van der Waals surface area (Å²) in [5, 5.41) is 0. The minimum Gasteiger partial charge on any atom is -0.437 e. The van der Waals surface area contributed by atoms with Gasteiger partial charge < -0.3 is 4.74 Å². The van der Waals surface area contributed by atoms with Gasteiger partial charge in [0.1, 0.15) is 11.4 Å². The molecule has 0 bridgehead atoms. The Bertz CT molecular complexity index is 780. The molecule has 0 N–H and O–H groups in total. The zero-order valence-corrected chi connectivity index (χ0v) is 13.5. The number of rotatable bonds is 4. The summed E-state index contributed by atoms with van der Waals surface area (Å²) in [7, 11) is 0. The summed E-state index contributed by atoms with van der Waals surface area (Å²) < 4.78 is 6.64. The SMILES string of the molecule is CCc1cc(Oc2cncc(Br)c2)nc(-c2ccccn2)n1. The Morgan fingerprint density at radius 3 is 2.77 bits per heavy atom. The number of aromatic nitrogens is 4. The third-order valence-electron chi connectivity index (χ3n) is 2.91. The molecule has 3 aromatic rings. The average molecular weight is 357 g/mol. The Balaban J connectivity index is 1.97. The number of pyridine rings is 2. The second kappa shape index (κ2) is 6.62. The summed E-state index contributed by atoms with van der Waals surface area (Å²) in [6.45, 7) is 2.04. The first-order chi connectivity index (χ1) is 10.7. The Morgan fingerprint density at radius 2 is 2.05 bits per heavy atom. The maximum atomic E-state index is 5.79. The first kappa shape index (κ1) is 14.6. The Kier molecular flexibility index (Phi) is 4.39. The van der Waals surface area contributed by atoms with Crippen LogP contribution in [0.5, 0.6) is 11.6 Å². The van der Waals surface area contributed by atoms with Crippen molar-refractivity contribution in [2.75, 3.05) is 0 Å². The van der Waals surface area contributed by atoms with Crippen LogP contribution in [0.1, 0.15) is 12.6 Å². The standard InChI is InChI=1S/C16H13BrN4O/c1-2-12-8-15(22-13-7-11(17)9-18-10-13)21-16(20-12)14-5-3-4-6-19-14/h3-10H,2H2,1H3. The molecule has 0 aliphatic rings. The van der Waals surface area contributed by atoms with Crippen LogP contribution in [-0.4, -0.2) is 19.9 Å². The van der Waals surface area contributed by atoms with Crippen LogP contribution < -0.4 is 4.74 Å². The molecular formula is C16H13BrN4O. The van der Waals surface area contributed by atoms with Gasteiger partial charge in [-0.25, -0.2) is 4.98 Å². The highest BCUT2D eigenvalue weighted by Crippen LogP contribution is 2.24. The summed E-state index contributed by atoms with van der Waals surface area (Å²) in [6.07, 6.45) is 5.84. The van der Waals surface area contributed by atoms with Crippen molar-refractivity contribution in [2.45, 2.75) is 13.3 Å². The van der Waals surface area contributed by atoms with E-state index in [1.54, 1.807) is 18.6 Å². The van der Waals surface area contributed by atoms with E-state index in [2.05, 4.69) is 35.9 Å². The average Bonchev–Trinajstić information content (AvgIpc) is 2.55. The van der Waals surface area contributed by atoms with Gasteiger partial charge in [-0.1, -0.05) is 13.0 Å². The smallest absolute Gasteiger partial charge is 0.223 e. The summed E-state index contributed by atoms with van der Waals surface area (Å²) in [5.41, 5.74) is 1.61. The van der Waals surface area contributed by atoms with E-state index in [4.69, 9.17) is 4.74 Å². The lowest BCUT2D eigenvalue weighted by molar-refractivity contribution is 0.458. The van der Waals surface area contributed by atoms with Crippen molar-refractivity contribution in [1.82, 2.24) is 19.9 Å². The number of nitrogens with zero attached hydrogens (tertiary/aromatic N) is 4. The molecule has 5 nitrogen and oxygen atoms in total. The summed E-state index contributed by atoms with van der Waals surface area (Å²) in [6, 6.07) is 9.30. The minimum atomic E-state index is 0.479. The van der Waals surface area contributed by atoms with Gasteiger partial charge in [-0.15, -0.1) is 0 Å². The van der Waals surface area contributed by atoms with Crippen LogP contribution in [0, 0.1) is 0 Å². The number of aryl methyl sites for hydroxylation is 1. The highest BCUT2D eigenvalue weighted by molar-refractivity contribution is 9.10. The summed E-state index contributed by atoms with van der Waals surface area (Å²) in [4.78, 5) is 17.3. The highest BCUT2D eigenvalue weighted by atomic mass is 79.9. The Morgan fingerprint density at radius 1 is 1.14 bits per heavy atom. The third-order valence-corrected chi connectivity index (χ3v) is 3.35. The van der Waals surface area contributed by atoms with Crippen LogP contribution in [0.15, 0.2) is 53.4 Å². The lowest BCUT2D eigenvalue weighted by Crippen LogP contribution is -1.99. The van der Waals surface area contributed by atoms with Crippen LogP contribution >= 0.6 is 15.9 Å². The minimum absolute atomic E-state index is 0.479. The van der Waals surface area contributed by atoms with Crippen molar-refractivity contribution >= 4 is 15.9 Å². The molecule has 3 aromatic heterocycles. The van der Waals surface area contributed by atoms with E-state index in [0.29, 0.717) is 17.5 Å². The van der Waals surface area contributed by atoms with Crippen LogP contribution in [0.3, 0.4) is 0 Å². The third kappa shape index (κ3) is 3.46. The van der Waals surface area contributed by atoms with Crippen molar-refractivity contribution in [3.63, 3.8) is 0 Å². The van der Waals surface area contributed by atoms with E-state index in [-0.39, 0.29) is 0 Å². The van der Waals surface area contributed by atoms with E-state index in [1.807, 2.05) is 37.3 Å². The second-order valence-corrected chi connectivity index (χ2v) is 5.45. The van der Waals surface area contributed by atoms with Gasteiger partial charge in [0.05, 0.1) is 6.20 Å². The van der Waals surface area contributed by atoms with Crippen molar-refractivity contribution < 1.29 is 4.74 Å². The van der Waals surface area contributed by atoms with Crippen molar-refractivity contribution in [3.8, 4) is 23.1 Å². The first-order valence-electron chi connectivity index (χ1n) is 6.82. The van der Waals surface area contributed by atoms with Crippen molar-refractivity contribution in [3.05, 3.63) is 59.1 Å². The quantitative estimate of drug-likeness (QED) is 0.705. The fraction of sp³-hybridized carbons (Fsp3) is 0.125. The lowest BCUT2D eigenvalue weighted by atomic mass is 10.3. The van der Waals surface area contributed by atoms with E-state index in [0.717, 1.165) is 22.3 Å². The zero-order valence-electron chi connectivity index (χ0n) is 11.9. The van der Waals surface area contributed by atoms with Gasteiger partial charge in [-0.2, -0.15) is 4.98 Å². The van der Waals surface area contributed by atoms with Gasteiger partial charge in [-0.05, 0) is 40.5 Å². The topological polar surface area (TPSA) is 60.8 Å². The molecule has 0 spiro atoms. The molecule has 3 rings (SSSR count). The number of ether oxygens (including phenoxy) is 1. The van der Waals surface area contributed by atoms with E-state index in [9.17, 15) is 0 Å². The fourth-order valence-corrected chi connectivity index (χ4v) is 2.23. The first-order valence-corrected chi connectivity index (χ1v) is 7.61. The Hall–Kier alpha value is -2.34. The van der Waals surface area contributed by atoms with Gasteiger partial charge in [0, 0.05) is 28.6 Å². The zero-order chi connectivity index (χ0) is 15.4. The number of halogens is 1. The van der Waals surface area contributed by atoms with Gasteiger partial charge in [0.15, 0.2) is 5.82 Å². The van der Waals surface area contributed by atoms with Crippen molar-refractivity contribution in [2.24, 2.45) is 0 Å². The van der Waals surface area contributed by atoms with E-state index < -0.39 is 0 Å². The molecule has 0 fully saturated rings. The van der Waals surface area contributed by atoms with Crippen LogP contribution in [-0.2, 0) is 6.42 Å². The molecule has 0 aliphatic carbocycles. The molecular weight excluding hydrogens is 344 g/mol. The number of hydrogen-bond acceptors (Lipinski definition) is 5. The molecule has 0 aliphatic heterocycles. The van der Waals surface area contributed by atoms with Gasteiger partial charge in [0.2, 0.25) is 5.88 Å². The maximum Gasteiger partial charge on any atom is 0.223 e. The number of hydrogen-bond donors (Lipinski definition) is 0. The summed E-state index contributed by atoms with van der Waals surface area (Å²) >= 11 is 3.37. The summed E-state index contributed by atoms with van der Waals surface area (Å²) in [5.74, 6) is 1.65. The molecule has 0 aromatic carbocycles. The highest BCUT2D eigenvalue weighted by Gasteiger charge is 2.09.